The van der Waals surface area contributed by atoms with Gasteiger partial charge in [0.2, 0.25) is 0 Å². The van der Waals surface area contributed by atoms with Crippen molar-refractivity contribution in [2.45, 2.75) is 44.9 Å². The maximum atomic E-state index is 6.61. The topological polar surface area (TPSA) is 0 Å². The van der Waals surface area contributed by atoms with Crippen molar-refractivity contribution in [3.05, 3.63) is 69.7 Å². The Kier molecular flexibility index (Phi) is 5.01. The van der Waals surface area contributed by atoms with Crippen LogP contribution >= 0.6 is 23.2 Å². The van der Waals surface area contributed by atoms with Gasteiger partial charge in [-0.1, -0.05) is 68.8 Å². The number of rotatable bonds is 4. The van der Waals surface area contributed by atoms with Gasteiger partial charge in [0.05, 0.1) is 5.38 Å². The molecule has 0 saturated carbocycles. The Bertz CT molecular complexity index is 612. The Morgan fingerprint density at radius 2 is 1.67 bits per heavy atom. The third kappa shape index (κ3) is 3.62. The molecule has 0 nitrogen and oxygen atoms in total. The first-order valence-corrected chi connectivity index (χ1v) is 8.17. The van der Waals surface area contributed by atoms with E-state index >= 15 is 0 Å². The molecule has 0 radical (unpaired) electrons. The summed E-state index contributed by atoms with van der Waals surface area (Å²) in [5.41, 5.74) is 4.73. The average Bonchev–Trinajstić information content (AvgIpc) is 2.47. The standard InChI is InChI=1S/C19H22Cl2/c1-5-19(3,4)15-9-7-14(8-10-15)18(21)16-11-6-13(2)12-17(16)20/h6-12,18H,5H2,1-4H3. The van der Waals surface area contributed by atoms with Crippen LogP contribution in [0.5, 0.6) is 0 Å². The number of alkyl halides is 1. The molecule has 0 N–H and O–H groups in total. The zero-order valence-electron chi connectivity index (χ0n) is 13.1. The average molecular weight is 321 g/mol. The van der Waals surface area contributed by atoms with Crippen LogP contribution < -0.4 is 0 Å². The molecule has 2 rings (SSSR count). The monoisotopic (exact) mass is 320 g/mol. The summed E-state index contributed by atoms with van der Waals surface area (Å²) in [6, 6.07) is 14.6. The van der Waals surface area contributed by atoms with Gasteiger partial charge in [-0.25, -0.2) is 0 Å². The van der Waals surface area contributed by atoms with Gasteiger partial charge in [0.15, 0.2) is 0 Å². The van der Waals surface area contributed by atoms with Crippen molar-refractivity contribution in [3.63, 3.8) is 0 Å². The second kappa shape index (κ2) is 6.42. The Balaban J connectivity index is 2.30. The van der Waals surface area contributed by atoms with E-state index in [9.17, 15) is 0 Å². The molecule has 1 atom stereocenters. The minimum atomic E-state index is -0.211. The number of aryl methyl sites for hydroxylation is 1. The van der Waals surface area contributed by atoms with Crippen molar-refractivity contribution < 1.29 is 0 Å². The molecule has 0 fully saturated rings. The molecule has 0 aromatic heterocycles. The van der Waals surface area contributed by atoms with Gasteiger partial charge in [0.1, 0.15) is 0 Å². The number of hydrogen-bond donors (Lipinski definition) is 0. The molecule has 112 valence electrons. The Labute approximate surface area is 138 Å². The molecule has 0 aliphatic rings. The maximum Gasteiger partial charge on any atom is 0.0849 e. The molecule has 2 aromatic rings. The van der Waals surface area contributed by atoms with Crippen LogP contribution in [0.15, 0.2) is 42.5 Å². The number of halogens is 2. The SMILES string of the molecule is CCC(C)(C)c1ccc(C(Cl)c2ccc(C)cc2Cl)cc1. The molecule has 2 heteroatoms. The minimum Gasteiger partial charge on any atom is -0.113 e. The predicted molar refractivity (Wildman–Crippen MR) is 93.6 cm³/mol. The maximum absolute atomic E-state index is 6.61. The lowest BCUT2D eigenvalue weighted by molar-refractivity contribution is 0.506. The van der Waals surface area contributed by atoms with Crippen molar-refractivity contribution >= 4 is 23.2 Å². The van der Waals surface area contributed by atoms with Crippen LogP contribution in [-0.4, -0.2) is 0 Å². The van der Waals surface area contributed by atoms with Gasteiger partial charge < -0.3 is 0 Å². The molecule has 0 saturated heterocycles. The molecule has 0 spiro atoms. The smallest absolute Gasteiger partial charge is 0.0849 e. The quantitative estimate of drug-likeness (QED) is 0.552. The zero-order valence-corrected chi connectivity index (χ0v) is 14.6. The van der Waals surface area contributed by atoms with E-state index in [4.69, 9.17) is 23.2 Å². The first-order chi connectivity index (χ1) is 9.85. The van der Waals surface area contributed by atoms with Crippen molar-refractivity contribution in [1.29, 1.82) is 0 Å². The Morgan fingerprint density at radius 3 is 2.19 bits per heavy atom. The van der Waals surface area contributed by atoms with Crippen LogP contribution in [0.3, 0.4) is 0 Å². The predicted octanol–water partition coefficient (Wildman–Crippen LogP) is 6.66. The summed E-state index contributed by atoms with van der Waals surface area (Å²) >= 11 is 12.9. The lowest BCUT2D eigenvalue weighted by atomic mass is 9.82. The minimum absolute atomic E-state index is 0.196. The summed E-state index contributed by atoms with van der Waals surface area (Å²) in [5, 5.41) is 0.518. The molecular weight excluding hydrogens is 299 g/mol. The largest absolute Gasteiger partial charge is 0.113 e. The molecule has 0 aliphatic carbocycles. The van der Waals surface area contributed by atoms with Gasteiger partial charge in [-0.05, 0) is 47.1 Å². The molecule has 0 bridgehead atoms. The highest BCUT2D eigenvalue weighted by Crippen LogP contribution is 2.35. The van der Waals surface area contributed by atoms with Crippen molar-refractivity contribution in [1.82, 2.24) is 0 Å². The van der Waals surface area contributed by atoms with Crippen molar-refractivity contribution in [2.75, 3.05) is 0 Å². The van der Waals surface area contributed by atoms with E-state index in [1.165, 1.54) is 5.56 Å². The lowest BCUT2D eigenvalue weighted by Crippen LogP contribution is -2.15. The first kappa shape index (κ1) is 16.4. The van der Waals surface area contributed by atoms with Crippen LogP contribution in [0.25, 0.3) is 0 Å². The fourth-order valence-corrected chi connectivity index (χ4v) is 3.06. The Hall–Kier alpha value is -0.980. The summed E-state index contributed by atoms with van der Waals surface area (Å²) in [6.07, 6.45) is 1.11. The molecule has 2 aromatic carbocycles. The van der Waals surface area contributed by atoms with Crippen LogP contribution in [-0.2, 0) is 5.41 Å². The summed E-state index contributed by atoms with van der Waals surface area (Å²) in [5.74, 6) is 0. The molecule has 0 amide bonds. The fraction of sp³-hybridized carbons (Fsp3) is 0.368. The summed E-state index contributed by atoms with van der Waals surface area (Å²) in [4.78, 5) is 0. The van der Waals surface area contributed by atoms with Crippen molar-refractivity contribution in [2.24, 2.45) is 0 Å². The van der Waals surface area contributed by atoms with E-state index in [1.807, 2.05) is 25.1 Å². The summed E-state index contributed by atoms with van der Waals surface area (Å²) in [6.45, 7) is 8.76. The molecular formula is C19H22Cl2. The normalized spacial score (nSPS) is 13.2. The third-order valence-electron chi connectivity index (χ3n) is 4.30. The van der Waals surface area contributed by atoms with E-state index in [2.05, 4.69) is 45.0 Å². The number of hydrogen-bond acceptors (Lipinski definition) is 0. The van der Waals surface area contributed by atoms with E-state index in [0.29, 0.717) is 0 Å². The highest BCUT2D eigenvalue weighted by Gasteiger charge is 2.19. The van der Waals surface area contributed by atoms with Gasteiger partial charge in [-0.15, -0.1) is 11.6 Å². The van der Waals surface area contributed by atoms with Crippen LogP contribution in [0.2, 0.25) is 5.02 Å². The van der Waals surface area contributed by atoms with Crippen LogP contribution in [0.1, 0.15) is 54.8 Å². The summed E-state index contributed by atoms with van der Waals surface area (Å²) < 4.78 is 0. The Morgan fingerprint density at radius 1 is 1.05 bits per heavy atom. The van der Waals surface area contributed by atoms with Gasteiger partial charge in [0.25, 0.3) is 0 Å². The van der Waals surface area contributed by atoms with E-state index in [-0.39, 0.29) is 10.8 Å². The fourth-order valence-electron chi connectivity index (χ4n) is 2.32. The van der Waals surface area contributed by atoms with Crippen LogP contribution in [0.4, 0.5) is 0 Å². The molecule has 0 heterocycles. The van der Waals surface area contributed by atoms with Crippen molar-refractivity contribution in [3.8, 4) is 0 Å². The van der Waals surface area contributed by atoms with E-state index in [0.717, 1.165) is 28.1 Å². The molecule has 0 aliphatic heterocycles. The second-order valence-corrected chi connectivity index (χ2v) is 7.09. The first-order valence-electron chi connectivity index (χ1n) is 7.35. The van der Waals surface area contributed by atoms with Gasteiger partial charge in [-0.2, -0.15) is 0 Å². The van der Waals surface area contributed by atoms with E-state index < -0.39 is 0 Å². The highest BCUT2D eigenvalue weighted by atomic mass is 35.5. The molecule has 21 heavy (non-hydrogen) atoms. The zero-order chi connectivity index (χ0) is 15.6. The number of benzene rings is 2. The van der Waals surface area contributed by atoms with Gasteiger partial charge in [0, 0.05) is 5.02 Å². The third-order valence-corrected chi connectivity index (χ3v) is 5.11. The van der Waals surface area contributed by atoms with Gasteiger partial charge >= 0.3 is 0 Å². The van der Waals surface area contributed by atoms with Crippen LogP contribution in [0, 0.1) is 6.92 Å². The van der Waals surface area contributed by atoms with Gasteiger partial charge in [-0.3, -0.25) is 0 Å². The summed E-state index contributed by atoms with van der Waals surface area (Å²) in [7, 11) is 0. The molecule has 1 unspecified atom stereocenters. The van der Waals surface area contributed by atoms with E-state index in [1.54, 1.807) is 0 Å². The highest BCUT2D eigenvalue weighted by molar-refractivity contribution is 6.33. The second-order valence-electron chi connectivity index (χ2n) is 6.25. The lowest BCUT2D eigenvalue weighted by Gasteiger charge is -2.24.